The molecular formula is C16H34N4. The summed E-state index contributed by atoms with van der Waals surface area (Å²) in [6.45, 7) is 11.0. The third-order valence-electron chi connectivity index (χ3n) is 5.07. The molecule has 2 aliphatic rings. The van der Waals surface area contributed by atoms with Gasteiger partial charge in [-0.25, -0.2) is 0 Å². The fourth-order valence-corrected chi connectivity index (χ4v) is 3.57. The highest BCUT2D eigenvalue weighted by molar-refractivity contribution is 4.82. The zero-order chi connectivity index (χ0) is 14.4. The quantitative estimate of drug-likeness (QED) is 0.794. The van der Waals surface area contributed by atoms with Gasteiger partial charge in [0.2, 0.25) is 0 Å². The Bertz CT molecular complexity index is 255. The van der Waals surface area contributed by atoms with Crippen LogP contribution in [-0.2, 0) is 0 Å². The monoisotopic (exact) mass is 282 g/mol. The molecule has 0 unspecified atom stereocenters. The minimum Gasteiger partial charge on any atom is -0.328 e. The summed E-state index contributed by atoms with van der Waals surface area (Å²) in [4.78, 5) is 7.81. The number of hydrogen-bond acceptors (Lipinski definition) is 4. The van der Waals surface area contributed by atoms with Crippen molar-refractivity contribution < 1.29 is 0 Å². The van der Waals surface area contributed by atoms with Gasteiger partial charge in [-0.3, -0.25) is 9.80 Å². The molecular weight excluding hydrogens is 248 g/mol. The molecule has 0 spiro atoms. The van der Waals surface area contributed by atoms with Gasteiger partial charge in [0.05, 0.1) is 0 Å². The molecule has 118 valence electrons. The van der Waals surface area contributed by atoms with Crippen LogP contribution in [-0.4, -0.2) is 79.6 Å². The number of piperazine rings is 1. The van der Waals surface area contributed by atoms with Crippen LogP contribution in [0, 0.1) is 0 Å². The van der Waals surface area contributed by atoms with Crippen molar-refractivity contribution in [3.63, 3.8) is 0 Å². The Kier molecular flexibility index (Phi) is 6.75. The van der Waals surface area contributed by atoms with Crippen LogP contribution in [0.15, 0.2) is 0 Å². The second-order valence-corrected chi connectivity index (χ2v) is 6.75. The van der Waals surface area contributed by atoms with Crippen molar-refractivity contribution in [2.24, 2.45) is 5.73 Å². The molecule has 0 bridgehead atoms. The maximum atomic E-state index is 6.04. The van der Waals surface area contributed by atoms with Gasteiger partial charge in [0, 0.05) is 51.4 Å². The molecule has 20 heavy (non-hydrogen) atoms. The van der Waals surface area contributed by atoms with Crippen LogP contribution in [0.5, 0.6) is 0 Å². The highest BCUT2D eigenvalue weighted by Gasteiger charge is 2.24. The molecule has 2 N–H and O–H groups in total. The van der Waals surface area contributed by atoms with Gasteiger partial charge < -0.3 is 10.6 Å². The van der Waals surface area contributed by atoms with Gasteiger partial charge in [-0.05, 0) is 45.7 Å². The van der Waals surface area contributed by atoms with E-state index in [0.717, 1.165) is 6.04 Å². The summed E-state index contributed by atoms with van der Waals surface area (Å²) in [5.41, 5.74) is 6.04. The molecule has 4 nitrogen and oxygen atoms in total. The van der Waals surface area contributed by atoms with Crippen LogP contribution in [0.4, 0.5) is 0 Å². The van der Waals surface area contributed by atoms with Gasteiger partial charge in [-0.1, -0.05) is 6.92 Å². The molecule has 0 atom stereocenters. The summed E-state index contributed by atoms with van der Waals surface area (Å²) in [6.07, 6.45) is 6.33. The van der Waals surface area contributed by atoms with E-state index >= 15 is 0 Å². The minimum absolute atomic E-state index is 0.465. The normalized spacial score (nSPS) is 30.0. The van der Waals surface area contributed by atoms with Crippen LogP contribution in [0.1, 0.15) is 39.0 Å². The number of hydrogen-bond donors (Lipinski definition) is 1. The van der Waals surface area contributed by atoms with E-state index in [1.54, 1.807) is 0 Å². The van der Waals surface area contributed by atoms with E-state index in [1.807, 2.05) is 0 Å². The second kappa shape index (κ2) is 8.32. The average Bonchev–Trinajstić information content (AvgIpc) is 2.46. The standard InChI is InChI=1S/C16H34N4/c1-3-8-20(16-6-4-15(17)5-7-16)14-13-19-11-9-18(2)10-12-19/h15-16H,3-14,17H2,1-2H3. The van der Waals surface area contributed by atoms with Crippen LogP contribution < -0.4 is 5.73 Å². The summed E-state index contributed by atoms with van der Waals surface area (Å²) < 4.78 is 0. The van der Waals surface area contributed by atoms with Crippen LogP contribution in [0.2, 0.25) is 0 Å². The SMILES string of the molecule is CCCN(CCN1CCN(C)CC1)C1CCC(N)CC1. The summed E-state index contributed by atoms with van der Waals surface area (Å²) in [5.74, 6) is 0. The molecule has 2 fully saturated rings. The van der Waals surface area contributed by atoms with Crippen molar-refractivity contribution in [3.05, 3.63) is 0 Å². The van der Waals surface area contributed by atoms with E-state index in [4.69, 9.17) is 5.73 Å². The molecule has 0 aromatic carbocycles. The molecule has 2 rings (SSSR count). The molecule has 0 aromatic rings. The van der Waals surface area contributed by atoms with Gasteiger partial charge in [0.15, 0.2) is 0 Å². The summed E-state index contributed by atoms with van der Waals surface area (Å²) in [7, 11) is 2.23. The van der Waals surface area contributed by atoms with E-state index in [-0.39, 0.29) is 0 Å². The molecule has 0 amide bonds. The average molecular weight is 282 g/mol. The lowest BCUT2D eigenvalue weighted by Crippen LogP contribution is -2.49. The Hall–Kier alpha value is -0.160. The predicted octanol–water partition coefficient (Wildman–Crippen LogP) is 1.22. The number of nitrogens with two attached hydrogens (primary N) is 1. The zero-order valence-corrected chi connectivity index (χ0v) is 13.6. The largest absolute Gasteiger partial charge is 0.328 e. The molecule has 1 aliphatic heterocycles. The van der Waals surface area contributed by atoms with Crippen LogP contribution >= 0.6 is 0 Å². The topological polar surface area (TPSA) is 35.7 Å². The van der Waals surface area contributed by atoms with Crippen molar-refractivity contribution in [2.75, 3.05) is 52.9 Å². The fourth-order valence-electron chi connectivity index (χ4n) is 3.57. The van der Waals surface area contributed by atoms with Crippen molar-refractivity contribution in [1.29, 1.82) is 0 Å². The highest BCUT2D eigenvalue weighted by Crippen LogP contribution is 2.22. The first kappa shape index (κ1) is 16.2. The van der Waals surface area contributed by atoms with Gasteiger partial charge >= 0.3 is 0 Å². The molecule has 1 heterocycles. The first-order valence-electron chi connectivity index (χ1n) is 8.59. The summed E-state index contributed by atoms with van der Waals surface area (Å²) in [6, 6.07) is 1.26. The Morgan fingerprint density at radius 1 is 1.00 bits per heavy atom. The van der Waals surface area contributed by atoms with Crippen molar-refractivity contribution in [1.82, 2.24) is 14.7 Å². The molecule has 0 radical (unpaired) electrons. The molecule has 1 saturated heterocycles. The molecule has 0 aromatic heterocycles. The lowest BCUT2D eigenvalue weighted by Gasteiger charge is -2.38. The van der Waals surface area contributed by atoms with E-state index in [2.05, 4.69) is 28.7 Å². The van der Waals surface area contributed by atoms with Crippen LogP contribution in [0.25, 0.3) is 0 Å². The maximum absolute atomic E-state index is 6.04. The Balaban J connectivity index is 1.74. The second-order valence-electron chi connectivity index (χ2n) is 6.75. The van der Waals surface area contributed by atoms with E-state index in [1.165, 1.54) is 77.9 Å². The minimum atomic E-state index is 0.465. The summed E-state index contributed by atoms with van der Waals surface area (Å²) >= 11 is 0. The molecule has 1 saturated carbocycles. The lowest BCUT2D eigenvalue weighted by molar-refractivity contribution is 0.104. The van der Waals surface area contributed by atoms with E-state index < -0.39 is 0 Å². The number of rotatable bonds is 6. The van der Waals surface area contributed by atoms with Crippen molar-refractivity contribution in [3.8, 4) is 0 Å². The Morgan fingerprint density at radius 3 is 2.25 bits per heavy atom. The predicted molar refractivity (Wildman–Crippen MR) is 86.0 cm³/mol. The Labute approximate surface area is 125 Å². The van der Waals surface area contributed by atoms with Crippen LogP contribution in [0.3, 0.4) is 0 Å². The number of nitrogens with zero attached hydrogens (tertiary/aromatic N) is 3. The van der Waals surface area contributed by atoms with Gasteiger partial charge in [-0.2, -0.15) is 0 Å². The maximum Gasteiger partial charge on any atom is 0.0112 e. The summed E-state index contributed by atoms with van der Waals surface area (Å²) in [5, 5.41) is 0. The van der Waals surface area contributed by atoms with Crippen molar-refractivity contribution >= 4 is 0 Å². The smallest absolute Gasteiger partial charge is 0.0112 e. The lowest BCUT2D eigenvalue weighted by atomic mass is 9.90. The highest BCUT2D eigenvalue weighted by atomic mass is 15.3. The van der Waals surface area contributed by atoms with Crippen molar-refractivity contribution in [2.45, 2.75) is 51.1 Å². The third-order valence-corrected chi connectivity index (χ3v) is 5.07. The van der Waals surface area contributed by atoms with E-state index in [0.29, 0.717) is 6.04 Å². The van der Waals surface area contributed by atoms with Gasteiger partial charge in [0.1, 0.15) is 0 Å². The third kappa shape index (κ3) is 4.99. The fraction of sp³-hybridized carbons (Fsp3) is 1.00. The van der Waals surface area contributed by atoms with E-state index in [9.17, 15) is 0 Å². The zero-order valence-electron chi connectivity index (χ0n) is 13.6. The first-order chi connectivity index (χ1) is 9.69. The molecule has 4 heteroatoms. The van der Waals surface area contributed by atoms with Gasteiger partial charge in [-0.15, -0.1) is 0 Å². The number of likely N-dealkylation sites (N-methyl/N-ethyl adjacent to an activating group) is 1. The Morgan fingerprint density at radius 2 is 1.65 bits per heavy atom. The molecule has 1 aliphatic carbocycles. The first-order valence-corrected chi connectivity index (χ1v) is 8.59. The van der Waals surface area contributed by atoms with Gasteiger partial charge in [0.25, 0.3) is 0 Å².